The van der Waals surface area contributed by atoms with E-state index in [0.717, 1.165) is 38.5 Å². The number of rotatable bonds is 2. The van der Waals surface area contributed by atoms with E-state index in [0.29, 0.717) is 42.3 Å². The van der Waals surface area contributed by atoms with Gasteiger partial charge in [-0.05, 0) is 68.3 Å². The molecule has 138 valence electrons. The molecule has 25 heavy (non-hydrogen) atoms. The molecule has 3 saturated carbocycles. The fourth-order valence-electron chi connectivity index (χ4n) is 6.54. The zero-order chi connectivity index (χ0) is 17.8. The van der Waals surface area contributed by atoms with E-state index >= 15 is 0 Å². The van der Waals surface area contributed by atoms with E-state index in [4.69, 9.17) is 4.74 Å². The highest BCUT2D eigenvalue weighted by atomic mass is 79.9. The number of carbonyl (C=O) groups excluding carboxylic acids is 2. The van der Waals surface area contributed by atoms with Crippen molar-refractivity contribution in [2.75, 3.05) is 5.33 Å². The third kappa shape index (κ3) is 2.64. The predicted molar refractivity (Wildman–Crippen MR) is 96.9 cm³/mol. The quantitative estimate of drug-likeness (QED) is 0.427. The topological polar surface area (TPSA) is 63.6 Å². The number of halogens is 1. The van der Waals surface area contributed by atoms with Crippen molar-refractivity contribution in [2.24, 2.45) is 29.1 Å². The Morgan fingerprint density at radius 1 is 1.24 bits per heavy atom. The van der Waals surface area contributed by atoms with Crippen LogP contribution in [0.4, 0.5) is 0 Å². The van der Waals surface area contributed by atoms with Gasteiger partial charge in [-0.15, -0.1) is 0 Å². The Kier molecular flexibility index (Phi) is 4.39. The van der Waals surface area contributed by atoms with Gasteiger partial charge in [-0.25, -0.2) is 0 Å². The maximum atomic E-state index is 11.8. The first-order chi connectivity index (χ1) is 11.9. The molecule has 0 aliphatic heterocycles. The van der Waals surface area contributed by atoms with Crippen LogP contribution in [0.25, 0.3) is 0 Å². The molecule has 6 atom stereocenters. The number of allylic oxidation sites excluding steroid dienone is 1. The van der Waals surface area contributed by atoms with Gasteiger partial charge in [-0.3, -0.25) is 9.59 Å². The van der Waals surface area contributed by atoms with Gasteiger partial charge >= 0.3 is 5.97 Å². The number of hydrogen-bond acceptors (Lipinski definition) is 4. The zero-order valence-electron chi connectivity index (χ0n) is 14.8. The van der Waals surface area contributed by atoms with Gasteiger partial charge in [-0.1, -0.05) is 28.4 Å². The maximum absolute atomic E-state index is 11.8. The zero-order valence-corrected chi connectivity index (χ0v) is 16.4. The Morgan fingerprint density at radius 3 is 2.80 bits per heavy atom. The molecule has 0 aromatic heterocycles. The van der Waals surface area contributed by atoms with E-state index < -0.39 is 5.79 Å². The van der Waals surface area contributed by atoms with Crippen molar-refractivity contribution in [1.29, 1.82) is 0 Å². The van der Waals surface area contributed by atoms with E-state index in [-0.39, 0.29) is 16.7 Å². The lowest BCUT2D eigenvalue weighted by Crippen LogP contribution is -2.54. The SMILES string of the molecule is C[C@]12CC[C@H]3[C@@H](CCC4=CC(=O)CC[C@@H]43)[C@@H]1CC[C@]2(O)OC(=O)CBr. The Hall–Kier alpha value is -0.680. The molecule has 4 aliphatic rings. The molecule has 0 radical (unpaired) electrons. The largest absolute Gasteiger partial charge is 0.432 e. The van der Waals surface area contributed by atoms with Crippen LogP contribution in [-0.4, -0.2) is 28.0 Å². The average Bonchev–Trinajstić information content (AvgIpc) is 2.85. The van der Waals surface area contributed by atoms with Crippen molar-refractivity contribution in [3.8, 4) is 0 Å². The van der Waals surface area contributed by atoms with Crippen LogP contribution in [0.3, 0.4) is 0 Å². The van der Waals surface area contributed by atoms with Crippen LogP contribution in [0.15, 0.2) is 11.6 Å². The first-order valence-electron chi connectivity index (χ1n) is 9.61. The van der Waals surface area contributed by atoms with Crippen LogP contribution in [0.5, 0.6) is 0 Å². The molecule has 4 nitrogen and oxygen atoms in total. The van der Waals surface area contributed by atoms with E-state index in [2.05, 4.69) is 22.9 Å². The fraction of sp³-hybridized carbons (Fsp3) is 0.800. The second-order valence-corrected chi connectivity index (χ2v) is 9.25. The standard InChI is InChI=1S/C20H27BrO4/c1-19-8-6-15-14-5-3-13(22)10-12(14)2-4-16(15)17(19)7-9-20(19,24)25-18(23)11-21/h10,14-17,24H,2-9,11H2,1H3/t14-,15+,16+,17-,19-,20-/m0/s1. The molecular formula is C20H27BrO4. The van der Waals surface area contributed by atoms with E-state index in [1.54, 1.807) is 0 Å². The van der Waals surface area contributed by atoms with Gasteiger partial charge in [0, 0.05) is 18.3 Å². The first kappa shape index (κ1) is 17.7. The van der Waals surface area contributed by atoms with Crippen molar-refractivity contribution in [1.82, 2.24) is 0 Å². The van der Waals surface area contributed by atoms with Crippen LogP contribution in [0.2, 0.25) is 0 Å². The molecule has 0 amide bonds. The molecule has 0 aromatic carbocycles. The van der Waals surface area contributed by atoms with Crippen LogP contribution >= 0.6 is 15.9 Å². The number of carbonyl (C=O) groups is 2. The average molecular weight is 411 g/mol. The summed E-state index contributed by atoms with van der Waals surface area (Å²) >= 11 is 3.13. The van der Waals surface area contributed by atoms with Crippen molar-refractivity contribution in [3.05, 3.63) is 11.6 Å². The molecule has 4 aliphatic carbocycles. The van der Waals surface area contributed by atoms with Crippen LogP contribution in [-0.2, 0) is 14.3 Å². The minimum atomic E-state index is -1.33. The highest BCUT2D eigenvalue weighted by Crippen LogP contribution is 2.65. The van der Waals surface area contributed by atoms with Crippen molar-refractivity contribution >= 4 is 27.7 Å². The monoisotopic (exact) mass is 410 g/mol. The van der Waals surface area contributed by atoms with E-state index in [1.165, 1.54) is 5.57 Å². The molecule has 0 bridgehead atoms. The lowest BCUT2D eigenvalue weighted by Gasteiger charge is -2.54. The van der Waals surface area contributed by atoms with Gasteiger partial charge in [0.1, 0.15) is 5.33 Å². The number of ether oxygens (including phenoxy) is 1. The Morgan fingerprint density at radius 2 is 2.04 bits per heavy atom. The summed E-state index contributed by atoms with van der Waals surface area (Å²) < 4.78 is 5.53. The lowest BCUT2D eigenvalue weighted by atomic mass is 9.51. The summed E-state index contributed by atoms with van der Waals surface area (Å²) in [4.78, 5) is 23.6. The Balaban J connectivity index is 1.59. The van der Waals surface area contributed by atoms with E-state index in [1.807, 2.05) is 6.08 Å². The number of fused-ring (bicyclic) bond motifs is 5. The number of hydrogen-bond donors (Lipinski definition) is 1. The first-order valence-corrected chi connectivity index (χ1v) is 10.7. The highest BCUT2D eigenvalue weighted by molar-refractivity contribution is 9.09. The van der Waals surface area contributed by atoms with E-state index in [9.17, 15) is 14.7 Å². The number of esters is 1. The summed E-state index contributed by atoms with van der Waals surface area (Å²) in [5.41, 5.74) is 1.03. The van der Waals surface area contributed by atoms with Crippen molar-refractivity contribution in [3.63, 3.8) is 0 Å². The highest BCUT2D eigenvalue weighted by Gasteiger charge is 2.64. The van der Waals surface area contributed by atoms with Crippen LogP contribution < -0.4 is 0 Å². The molecular weight excluding hydrogens is 384 g/mol. The lowest BCUT2D eigenvalue weighted by molar-refractivity contribution is -0.261. The van der Waals surface area contributed by atoms with Crippen molar-refractivity contribution in [2.45, 2.75) is 64.1 Å². The number of ketones is 1. The third-order valence-electron chi connectivity index (χ3n) is 7.77. The maximum Gasteiger partial charge on any atom is 0.319 e. The van der Waals surface area contributed by atoms with Gasteiger partial charge in [0.15, 0.2) is 5.78 Å². The van der Waals surface area contributed by atoms with Gasteiger partial charge in [0.25, 0.3) is 0 Å². The summed E-state index contributed by atoms with van der Waals surface area (Å²) in [6.07, 6.45) is 9.14. The van der Waals surface area contributed by atoms with Crippen LogP contribution in [0.1, 0.15) is 58.3 Å². The Labute approximate surface area is 157 Å². The van der Waals surface area contributed by atoms with Gasteiger partial charge in [0.05, 0.1) is 0 Å². The second kappa shape index (κ2) is 6.19. The molecule has 0 saturated heterocycles. The smallest absolute Gasteiger partial charge is 0.319 e. The van der Waals surface area contributed by atoms with Gasteiger partial charge < -0.3 is 9.84 Å². The Bertz CT molecular complexity index is 629. The van der Waals surface area contributed by atoms with Gasteiger partial charge in [0.2, 0.25) is 5.79 Å². The molecule has 3 fully saturated rings. The minimum absolute atomic E-state index is 0.117. The molecule has 0 aromatic rings. The minimum Gasteiger partial charge on any atom is -0.432 e. The third-order valence-corrected chi connectivity index (χ3v) is 8.23. The molecule has 5 heteroatoms. The second-order valence-electron chi connectivity index (χ2n) is 8.69. The summed E-state index contributed by atoms with van der Waals surface area (Å²) in [6.45, 7) is 2.12. The van der Waals surface area contributed by atoms with Gasteiger partial charge in [-0.2, -0.15) is 0 Å². The molecule has 0 heterocycles. The molecule has 0 spiro atoms. The normalized spacial score (nSPS) is 45.9. The molecule has 0 unspecified atom stereocenters. The van der Waals surface area contributed by atoms with Crippen LogP contribution in [0, 0.1) is 29.1 Å². The number of aliphatic hydroxyl groups is 1. The summed E-state index contributed by atoms with van der Waals surface area (Å²) in [7, 11) is 0. The number of alkyl halides is 1. The van der Waals surface area contributed by atoms with Crippen molar-refractivity contribution < 1.29 is 19.4 Å². The summed E-state index contributed by atoms with van der Waals surface area (Å²) in [5, 5.41) is 11.3. The summed E-state index contributed by atoms with van der Waals surface area (Å²) in [6, 6.07) is 0. The summed E-state index contributed by atoms with van der Waals surface area (Å²) in [5.74, 6) is 0.740. The molecule has 1 N–H and O–H groups in total. The predicted octanol–water partition coefficient (Wildman–Crippen LogP) is 3.75. The molecule has 4 rings (SSSR count). The fourth-order valence-corrected chi connectivity index (χ4v) is 6.65.